The van der Waals surface area contributed by atoms with Gasteiger partial charge in [0.15, 0.2) is 6.29 Å². The molecule has 38 heavy (non-hydrogen) atoms. The first kappa shape index (κ1) is 27.0. The van der Waals surface area contributed by atoms with Crippen molar-refractivity contribution in [1.29, 1.82) is 0 Å². The fourth-order valence-electron chi connectivity index (χ4n) is 4.81. The average molecular weight is 519 g/mol. The molecule has 1 heterocycles. The Balaban J connectivity index is 1.32. The first-order valence-corrected chi connectivity index (χ1v) is 13.5. The Kier molecular flexibility index (Phi) is 9.57. The summed E-state index contributed by atoms with van der Waals surface area (Å²) in [5.41, 5.74) is 3.14. The predicted octanol–water partition coefficient (Wildman–Crippen LogP) is 5.13. The molecule has 3 aromatic carbocycles. The molecule has 3 aromatic rings. The van der Waals surface area contributed by atoms with E-state index >= 15 is 0 Å². The summed E-state index contributed by atoms with van der Waals surface area (Å²) in [5.74, 6) is 1.15. The summed E-state index contributed by atoms with van der Waals surface area (Å²) >= 11 is 0. The van der Waals surface area contributed by atoms with E-state index in [2.05, 4.69) is 6.92 Å². The van der Waals surface area contributed by atoms with Gasteiger partial charge in [-0.25, -0.2) is 0 Å². The molecule has 0 aromatic heterocycles. The molecule has 2 fully saturated rings. The molecule has 1 saturated heterocycles. The number of aliphatic hydroxyl groups is 1. The van der Waals surface area contributed by atoms with Crippen LogP contribution in [0.15, 0.2) is 91.0 Å². The highest BCUT2D eigenvalue weighted by Crippen LogP contribution is 2.39. The highest BCUT2D eigenvalue weighted by Gasteiger charge is 2.48. The topological polar surface area (TPSA) is 66.4 Å². The lowest BCUT2D eigenvalue weighted by Crippen LogP contribution is -2.61. The van der Waals surface area contributed by atoms with Gasteiger partial charge in [0, 0.05) is 0 Å². The van der Waals surface area contributed by atoms with Gasteiger partial charge in [-0.05, 0) is 34.9 Å². The van der Waals surface area contributed by atoms with Crippen LogP contribution in [0.1, 0.15) is 30.0 Å². The van der Waals surface area contributed by atoms with E-state index in [4.69, 9.17) is 23.7 Å². The van der Waals surface area contributed by atoms with Crippen molar-refractivity contribution < 1.29 is 28.8 Å². The molecule has 1 aliphatic heterocycles. The van der Waals surface area contributed by atoms with Crippen LogP contribution in [-0.2, 0) is 43.5 Å². The maximum Gasteiger partial charge on any atom is 0.186 e. The van der Waals surface area contributed by atoms with Crippen molar-refractivity contribution in [2.45, 2.75) is 63.9 Å². The zero-order valence-electron chi connectivity index (χ0n) is 21.9. The molecular weight excluding hydrogens is 480 g/mol. The molecule has 0 spiro atoms. The summed E-state index contributed by atoms with van der Waals surface area (Å²) in [4.78, 5) is 0. The van der Waals surface area contributed by atoms with Crippen molar-refractivity contribution in [3.05, 3.63) is 108 Å². The monoisotopic (exact) mass is 518 g/mol. The molecule has 2 aliphatic rings. The second kappa shape index (κ2) is 13.5. The fraction of sp³-hybridized carbons (Fsp3) is 0.438. The van der Waals surface area contributed by atoms with Gasteiger partial charge in [0.2, 0.25) is 0 Å². The Bertz CT molecular complexity index is 1080. The van der Waals surface area contributed by atoms with Crippen LogP contribution >= 0.6 is 0 Å². The molecule has 1 N–H and O–H groups in total. The third-order valence-corrected chi connectivity index (χ3v) is 7.33. The molecule has 0 radical (unpaired) electrons. The van der Waals surface area contributed by atoms with E-state index in [1.54, 1.807) is 0 Å². The third-order valence-electron chi connectivity index (χ3n) is 7.33. The Morgan fingerprint density at radius 1 is 0.684 bits per heavy atom. The van der Waals surface area contributed by atoms with E-state index in [1.165, 1.54) is 0 Å². The molecule has 5 rings (SSSR count). The smallest absolute Gasteiger partial charge is 0.186 e. The first-order valence-electron chi connectivity index (χ1n) is 13.5. The van der Waals surface area contributed by atoms with Crippen LogP contribution in [0.5, 0.6) is 0 Å². The highest BCUT2D eigenvalue weighted by molar-refractivity contribution is 5.15. The van der Waals surface area contributed by atoms with Gasteiger partial charge in [0.25, 0.3) is 0 Å². The van der Waals surface area contributed by atoms with Gasteiger partial charge < -0.3 is 28.8 Å². The van der Waals surface area contributed by atoms with E-state index in [9.17, 15) is 5.11 Å². The predicted molar refractivity (Wildman–Crippen MR) is 144 cm³/mol. The number of hydrogen-bond acceptors (Lipinski definition) is 6. The second-order valence-corrected chi connectivity index (χ2v) is 10.4. The minimum Gasteiger partial charge on any atom is -0.385 e. The maximum absolute atomic E-state index is 11.4. The molecule has 0 unspecified atom stereocenters. The quantitative estimate of drug-likeness (QED) is 0.338. The first-order chi connectivity index (χ1) is 18.7. The highest BCUT2D eigenvalue weighted by atomic mass is 16.7. The van der Waals surface area contributed by atoms with Crippen molar-refractivity contribution in [1.82, 2.24) is 0 Å². The van der Waals surface area contributed by atoms with Crippen molar-refractivity contribution in [3.8, 4) is 0 Å². The van der Waals surface area contributed by atoms with E-state index in [0.29, 0.717) is 38.3 Å². The van der Waals surface area contributed by atoms with Crippen LogP contribution in [0.3, 0.4) is 0 Å². The summed E-state index contributed by atoms with van der Waals surface area (Å²) in [6.45, 7) is 4.22. The van der Waals surface area contributed by atoms with Crippen LogP contribution in [0, 0.1) is 11.8 Å². The molecule has 1 aliphatic carbocycles. The van der Waals surface area contributed by atoms with Gasteiger partial charge in [0.1, 0.15) is 24.4 Å². The minimum atomic E-state index is -1.00. The fourth-order valence-corrected chi connectivity index (χ4v) is 4.81. The van der Waals surface area contributed by atoms with E-state index in [0.717, 1.165) is 23.1 Å². The minimum absolute atomic E-state index is 0.284. The zero-order chi connectivity index (χ0) is 26.2. The number of benzene rings is 3. The summed E-state index contributed by atoms with van der Waals surface area (Å²) in [5, 5.41) is 11.4. The normalized spacial score (nSPS) is 28.7. The molecule has 0 bridgehead atoms. The summed E-state index contributed by atoms with van der Waals surface area (Å²) < 4.78 is 31.3. The van der Waals surface area contributed by atoms with Gasteiger partial charge >= 0.3 is 0 Å². The average Bonchev–Trinajstić information content (AvgIpc) is 3.67. The number of ether oxygens (including phenoxy) is 5. The van der Waals surface area contributed by atoms with Gasteiger partial charge in [-0.15, -0.1) is 0 Å². The van der Waals surface area contributed by atoms with Crippen molar-refractivity contribution >= 4 is 0 Å². The van der Waals surface area contributed by atoms with Gasteiger partial charge in [-0.3, -0.25) is 0 Å². The van der Waals surface area contributed by atoms with Gasteiger partial charge in [0.05, 0.1) is 33.0 Å². The number of aliphatic hydroxyl groups excluding tert-OH is 1. The van der Waals surface area contributed by atoms with Crippen molar-refractivity contribution in [2.24, 2.45) is 11.8 Å². The zero-order valence-corrected chi connectivity index (χ0v) is 21.9. The SMILES string of the molecule is C[C@@H]1C[C@H]1CO[C@H]1O[C@H](COCc2ccccc2)[C@@H](OCc2ccccc2)[C@H](OCc2ccccc2)[C@H]1O. The molecule has 0 amide bonds. The van der Waals surface area contributed by atoms with Crippen LogP contribution in [0.4, 0.5) is 0 Å². The Hall–Kier alpha value is -2.58. The second-order valence-electron chi connectivity index (χ2n) is 10.4. The lowest BCUT2D eigenvalue weighted by molar-refractivity contribution is -0.319. The van der Waals surface area contributed by atoms with Crippen molar-refractivity contribution in [3.63, 3.8) is 0 Å². The van der Waals surface area contributed by atoms with Crippen LogP contribution in [0.25, 0.3) is 0 Å². The third kappa shape index (κ3) is 7.50. The molecule has 1 saturated carbocycles. The number of rotatable bonds is 13. The Labute approximate surface area is 225 Å². The number of hydrogen-bond donors (Lipinski definition) is 1. The molecule has 6 heteroatoms. The summed E-state index contributed by atoms with van der Waals surface area (Å²) in [6, 6.07) is 30.0. The standard InChI is InChI=1S/C32H38O6/c1-23-17-27(23)21-37-32-29(33)31(36-20-26-15-9-4-10-16-26)30(35-19-25-13-7-3-8-14-25)28(38-32)22-34-18-24-11-5-2-6-12-24/h2-16,23,27-33H,17-22H2,1H3/t23-,27+,28-,29-,30-,31-,32+/m1/s1. The van der Waals surface area contributed by atoms with E-state index in [1.807, 2.05) is 91.0 Å². The van der Waals surface area contributed by atoms with Crippen molar-refractivity contribution in [2.75, 3.05) is 13.2 Å². The van der Waals surface area contributed by atoms with Gasteiger partial charge in [-0.1, -0.05) is 97.9 Å². The molecule has 202 valence electrons. The van der Waals surface area contributed by atoms with Crippen LogP contribution in [0.2, 0.25) is 0 Å². The Morgan fingerprint density at radius 2 is 1.18 bits per heavy atom. The summed E-state index contributed by atoms with van der Waals surface area (Å²) in [7, 11) is 0. The molecule has 6 nitrogen and oxygen atoms in total. The van der Waals surface area contributed by atoms with Crippen LogP contribution in [-0.4, -0.2) is 49.0 Å². The Morgan fingerprint density at radius 3 is 1.71 bits per heavy atom. The van der Waals surface area contributed by atoms with E-state index < -0.39 is 30.7 Å². The van der Waals surface area contributed by atoms with Crippen LogP contribution < -0.4 is 0 Å². The van der Waals surface area contributed by atoms with E-state index in [-0.39, 0.29) is 6.61 Å². The van der Waals surface area contributed by atoms with Gasteiger partial charge in [-0.2, -0.15) is 0 Å². The maximum atomic E-state index is 11.4. The summed E-state index contributed by atoms with van der Waals surface area (Å²) in [6.07, 6.45) is -2.36. The lowest BCUT2D eigenvalue weighted by Gasteiger charge is -2.44. The molecule has 7 atom stereocenters. The largest absolute Gasteiger partial charge is 0.385 e. The molecular formula is C32H38O6. The lowest BCUT2D eigenvalue weighted by atomic mass is 9.98.